The highest BCUT2D eigenvalue weighted by Crippen LogP contribution is 2.27. The molecule has 1 aliphatic carbocycles. The second-order valence-corrected chi connectivity index (χ2v) is 4.91. The third-order valence-corrected chi connectivity index (χ3v) is 3.48. The Hall–Kier alpha value is -0.730. The lowest BCUT2D eigenvalue weighted by Gasteiger charge is -2.19. The van der Waals surface area contributed by atoms with Crippen molar-refractivity contribution in [1.82, 2.24) is 0 Å². The highest BCUT2D eigenvalue weighted by molar-refractivity contribution is 6.30. The van der Waals surface area contributed by atoms with Gasteiger partial charge in [-0.15, -0.1) is 0 Å². The normalized spacial score (nSPS) is 18.6. The summed E-state index contributed by atoms with van der Waals surface area (Å²) >= 11 is 5.88. The van der Waals surface area contributed by atoms with Crippen molar-refractivity contribution in [3.63, 3.8) is 0 Å². The molecule has 1 atom stereocenters. The SMILES string of the molecule is NC(COc1cccc(Cl)c1)C1CCCC1. The van der Waals surface area contributed by atoms with Crippen LogP contribution in [0.3, 0.4) is 0 Å². The topological polar surface area (TPSA) is 35.2 Å². The van der Waals surface area contributed by atoms with Crippen molar-refractivity contribution in [2.24, 2.45) is 11.7 Å². The first-order valence-electron chi connectivity index (χ1n) is 5.89. The van der Waals surface area contributed by atoms with Gasteiger partial charge in [0.25, 0.3) is 0 Å². The van der Waals surface area contributed by atoms with Crippen LogP contribution in [0.1, 0.15) is 25.7 Å². The average Bonchev–Trinajstić information content (AvgIpc) is 2.79. The molecule has 0 radical (unpaired) electrons. The summed E-state index contributed by atoms with van der Waals surface area (Å²) in [5, 5.41) is 0.701. The quantitative estimate of drug-likeness (QED) is 0.876. The summed E-state index contributed by atoms with van der Waals surface area (Å²) in [6.07, 6.45) is 5.13. The fourth-order valence-corrected chi connectivity index (χ4v) is 2.45. The van der Waals surface area contributed by atoms with Crippen LogP contribution in [0.2, 0.25) is 5.02 Å². The van der Waals surface area contributed by atoms with Gasteiger partial charge in [0.1, 0.15) is 12.4 Å². The maximum absolute atomic E-state index is 6.11. The molecule has 0 spiro atoms. The number of hydrogen-bond acceptors (Lipinski definition) is 2. The van der Waals surface area contributed by atoms with Crippen LogP contribution < -0.4 is 10.5 Å². The van der Waals surface area contributed by atoms with Gasteiger partial charge in [0.05, 0.1) is 0 Å². The van der Waals surface area contributed by atoms with E-state index in [0.29, 0.717) is 17.5 Å². The van der Waals surface area contributed by atoms with Crippen LogP contribution in [0.4, 0.5) is 0 Å². The Labute approximate surface area is 102 Å². The molecule has 16 heavy (non-hydrogen) atoms. The van der Waals surface area contributed by atoms with E-state index in [-0.39, 0.29) is 6.04 Å². The molecule has 1 aromatic rings. The predicted molar refractivity (Wildman–Crippen MR) is 66.9 cm³/mol. The molecule has 0 saturated heterocycles. The summed E-state index contributed by atoms with van der Waals surface area (Å²) in [6, 6.07) is 7.61. The molecule has 1 aliphatic rings. The van der Waals surface area contributed by atoms with Crippen LogP contribution in [0, 0.1) is 5.92 Å². The van der Waals surface area contributed by atoms with Crippen LogP contribution in [0.15, 0.2) is 24.3 Å². The van der Waals surface area contributed by atoms with Crippen molar-refractivity contribution in [3.8, 4) is 5.75 Å². The van der Waals surface area contributed by atoms with Crippen molar-refractivity contribution in [2.45, 2.75) is 31.7 Å². The van der Waals surface area contributed by atoms with Crippen molar-refractivity contribution in [2.75, 3.05) is 6.61 Å². The Bertz CT molecular complexity index is 336. The third-order valence-electron chi connectivity index (χ3n) is 3.24. The molecule has 0 heterocycles. The zero-order valence-corrected chi connectivity index (χ0v) is 10.1. The lowest BCUT2D eigenvalue weighted by Crippen LogP contribution is -2.34. The lowest BCUT2D eigenvalue weighted by molar-refractivity contribution is 0.247. The lowest BCUT2D eigenvalue weighted by atomic mass is 10.00. The Kier molecular flexibility index (Phi) is 4.08. The van der Waals surface area contributed by atoms with Gasteiger partial charge < -0.3 is 10.5 Å². The first kappa shape index (κ1) is 11.7. The average molecular weight is 240 g/mol. The minimum absolute atomic E-state index is 0.154. The highest BCUT2D eigenvalue weighted by atomic mass is 35.5. The van der Waals surface area contributed by atoms with Gasteiger partial charge >= 0.3 is 0 Å². The highest BCUT2D eigenvalue weighted by Gasteiger charge is 2.22. The maximum Gasteiger partial charge on any atom is 0.120 e. The number of ether oxygens (including phenoxy) is 1. The molecule has 1 fully saturated rings. The smallest absolute Gasteiger partial charge is 0.120 e. The van der Waals surface area contributed by atoms with E-state index in [1.807, 2.05) is 24.3 Å². The molecule has 2 N–H and O–H groups in total. The van der Waals surface area contributed by atoms with Crippen LogP contribution in [-0.4, -0.2) is 12.6 Å². The number of halogens is 1. The maximum atomic E-state index is 6.11. The van der Waals surface area contributed by atoms with Crippen molar-refractivity contribution >= 4 is 11.6 Å². The van der Waals surface area contributed by atoms with E-state index < -0.39 is 0 Å². The Morgan fingerprint density at radius 1 is 1.38 bits per heavy atom. The molecule has 0 amide bonds. The van der Waals surface area contributed by atoms with E-state index in [1.54, 1.807) is 0 Å². The molecule has 0 aromatic heterocycles. The van der Waals surface area contributed by atoms with Gasteiger partial charge in [-0.2, -0.15) is 0 Å². The summed E-state index contributed by atoms with van der Waals surface area (Å²) < 4.78 is 5.65. The molecule has 1 aromatic carbocycles. The Balaban J connectivity index is 1.82. The molecule has 0 bridgehead atoms. The summed E-state index contributed by atoms with van der Waals surface area (Å²) in [7, 11) is 0. The Morgan fingerprint density at radius 3 is 2.81 bits per heavy atom. The molecule has 3 heteroatoms. The van der Waals surface area contributed by atoms with Crippen LogP contribution in [0.5, 0.6) is 5.75 Å². The summed E-state index contributed by atoms with van der Waals surface area (Å²) in [5.74, 6) is 1.44. The van der Waals surface area contributed by atoms with Gasteiger partial charge in [-0.3, -0.25) is 0 Å². The molecular formula is C13H18ClNO. The van der Waals surface area contributed by atoms with Gasteiger partial charge in [0, 0.05) is 11.1 Å². The van der Waals surface area contributed by atoms with Crippen molar-refractivity contribution in [3.05, 3.63) is 29.3 Å². The number of hydrogen-bond donors (Lipinski definition) is 1. The fourth-order valence-electron chi connectivity index (χ4n) is 2.27. The van der Waals surface area contributed by atoms with E-state index in [9.17, 15) is 0 Å². The van der Waals surface area contributed by atoms with Gasteiger partial charge in [-0.1, -0.05) is 30.5 Å². The van der Waals surface area contributed by atoms with E-state index in [1.165, 1.54) is 25.7 Å². The van der Waals surface area contributed by atoms with Gasteiger partial charge in [-0.05, 0) is 37.0 Å². The number of nitrogens with two attached hydrogens (primary N) is 1. The van der Waals surface area contributed by atoms with Gasteiger partial charge in [0.2, 0.25) is 0 Å². The second kappa shape index (κ2) is 5.55. The number of rotatable bonds is 4. The molecule has 1 saturated carbocycles. The monoisotopic (exact) mass is 239 g/mol. The molecule has 1 unspecified atom stereocenters. The summed E-state index contributed by atoms with van der Waals surface area (Å²) in [4.78, 5) is 0. The van der Waals surface area contributed by atoms with Gasteiger partial charge in [0.15, 0.2) is 0 Å². The number of benzene rings is 1. The van der Waals surface area contributed by atoms with Crippen molar-refractivity contribution in [1.29, 1.82) is 0 Å². The van der Waals surface area contributed by atoms with E-state index in [4.69, 9.17) is 22.1 Å². The van der Waals surface area contributed by atoms with Crippen LogP contribution in [0.25, 0.3) is 0 Å². The molecule has 88 valence electrons. The van der Waals surface area contributed by atoms with Gasteiger partial charge in [-0.25, -0.2) is 0 Å². The third kappa shape index (κ3) is 3.13. The first-order chi connectivity index (χ1) is 7.75. The summed E-state index contributed by atoms with van der Waals surface area (Å²) in [6.45, 7) is 0.588. The van der Waals surface area contributed by atoms with E-state index in [2.05, 4.69) is 0 Å². The zero-order chi connectivity index (χ0) is 11.4. The van der Waals surface area contributed by atoms with E-state index in [0.717, 1.165) is 5.75 Å². The first-order valence-corrected chi connectivity index (χ1v) is 6.27. The predicted octanol–water partition coefficient (Wildman–Crippen LogP) is 3.24. The van der Waals surface area contributed by atoms with Crippen LogP contribution in [-0.2, 0) is 0 Å². The summed E-state index contributed by atoms with van der Waals surface area (Å²) in [5.41, 5.74) is 6.11. The molecule has 2 rings (SSSR count). The minimum Gasteiger partial charge on any atom is -0.492 e. The zero-order valence-electron chi connectivity index (χ0n) is 9.36. The Morgan fingerprint density at radius 2 is 2.12 bits per heavy atom. The fraction of sp³-hybridized carbons (Fsp3) is 0.538. The minimum atomic E-state index is 0.154. The second-order valence-electron chi connectivity index (χ2n) is 4.48. The largest absolute Gasteiger partial charge is 0.492 e. The molecule has 2 nitrogen and oxygen atoms in total. The molecule has 0 aliphatic heterocycles. The van der Waals surface area contributed by atoms with Crippen LogP contribution >= 0.6 is 11.6 Å². The van der Waals surface area contributed by atoms with E-state index >= 15 is 0 Å². The van der Waals surface area contributed by atoms with Crippen molar-refractivity contribution < 1.29 is 4.74 Å². The molecular weight excluding hydrogens is 222 g/mol. The standard InChI is InChI=1S/C13H18ClNO/c14-11-6-3-7-12(8-11)16-9-13(15)10-4-1-2-5-10/h3,6-8,10,13H,1-2,4-5,9,15H2.